The number of hydrogen-bond acceptors (Lipinski definition) is 1. The van der Waals surface area contributed by atoms with E-state index >= 15 is 0 Å². The minimum Gasteiger partial charge on any atom is -0.398 e. The van der Waals surface area contributed by atoms with Crippen LogP contribution in [0.3, 0.4) is 0 Å². The molecule has 1 nitrogen and oxygen atoms in total. The Morgan fingerprint density at radius 3 is 2.67 bits per heavy atom. The van der Waals surface area contributed by atoms with Crippen molar-refractivity contribution in [3.63, 3.8) is 0 Å². The third kappa shape index (κ3) is 1.67. The van der Waals surface area contributed by atoms with Gasteiger partial charge in [-0.2, -0.15) is 0 Å². The van der Waals surface area contributed by atoms with E-state index in [1.165, 1.54) is 6.07 Å². The van der Waals surface area contributed by atoms with Gasteiger partial charge in [-0.25, -0.2) is 4.39 Å². The average molecular weight is 230 g/mol. The van der Waals surface area contributed by atoms with Gasteiger partial charge in [-0.1, -0.05) is 6.58 Å². The zero-order valence-corrected chi connectivity index (χ0v) is 8.28. The van der Waals surface area contributed by atoms with Crippen molar-refractivity contribution in [3.05, 3.63) is 34.6 Å². The summed E-state index contributed by atoms with van der Waals surface area (Å²) in [5.74, 6) is -0.317. The highest BCUT2D eigenvalue weighted by Crippen LogP contribution is 2.26. The molecule has 0 aliphatic carbocycles. The zero-order valence-electron chi connectivity index (χ0n) is 6.70. The van der Waals surface area contributed by atoms with E-state index in [1.807, 2.05) is 0 Å². The molecule has 1 aromatic rings. The van der Waals surface area contributed by atoms with E-state index < -0.39 is 0 Å². The second-order valence-electron chi connectivity index (χ2n) is 2.63. The molecule has 0 spiro atoms. The fraction of sp³-hybridized carbons (Fsp3) is 0.111. The number of allylic oxidation sites excluding steroid dienone is 1. The summed E-state index contributed by atoms with van der Waals surface area (Å²) in [6, 6.07) is 2.92. The van der Waals surface area contributed by atoms with Crippen molar-refractivity contribution in [2.24, 2.45) is 0 Å². The second-order valence-corrected chi connectivity index (χ2v) is 3.49. The lowest BCUT2D eigenvalue weighted by molar-refractivity contribution is 0.621. The van der Waals surface area contributed by atoms with Crippen LogP contribution in [-0.4, -0.2) is 0 Å². The summed E-state index contributed by atoms with van der Waals surface area (Å²) in [5.41, 5.74) is 7.60. The monoisotopic (exact) mass is 229 g/mol. The summed E-state index contributed by atoms with van der Waals surface area (Å²) >= 11 is 3.04. The highest BCUT2D eigenvalue weighted by molar-refractivity contribution is 9.10. The Labute approximate surface area is 79.2 Å². The van der Waals surface area contributed by atoms with E-state index in [0.29, 0.717) is 15.7 Å². The van der Waals surface area contributed by atoms with Crippen LogP contribution in [0.1, 0.15) is 12.5 Å². The van der Waals surface area contributed by atoms with Crippen LogP contribution in [0.25, 0.3) is 5.57 Å². The van der Waals surface area contributed by atoms with Crippen molar-refractivity contribution < 1.29 is 4.39 Å². The molecule has 3 heteroatoms. The molecular formula is C9H9BrFN. The summed E-state index contributed by atoms with van der Waals surface area (Å²) < 4.78 is 13.4. The van der Waals surface area contributed by atoms with Gasteiger partial charge in [-0.3, -0.25) is 0 Å². The molecule has 2 N–H and O–H groups in total. The van der Waals surface area contributed by atoms with Crippen molar-refractivity contribution in [2.75, 3.05) is 5.73 Å². The summed E-state index contributed by atoms with van der Waals surface area (Å²) in [7, 11) is 0. The molecule has 0 radical (unpaired) electrons. The minimum atomic E-state index is -0.317. The molecule has 0 unspecified atom stereocenters. The smallest absolute Gasteiger partial charge is 0.138 e. The first-order valence-electron chi connectivity index (χ1n) is 3.42. The van der Waals surface area contributed by atoms with Gasteiger partial charge in [0, 0.05) is 11.3 Å². The lowest BCUT2D eigenvalue weighted by Crippen LogP contribution is -1.93. The SMILES string of the molecule is C=C(C)c1cc(F)c(Br)cc1N. The second kappa shape index (κ2) is 3.27. The van der Waals surface area contributed by atoms with E-state index in [-0.39, 0.29) is 5.82 Å². The average Bonchev–Trinajstić information content (AvgIpc) is 1.96. The number of nitrogens with two attached hydrogens (primary N) is 1. The summed E-state index contributed by atoms with van der Waals surface area (Å²) in [6.07, 6.45) is 0. The highest BCUT2D eigenvalue weighted by Gasteiger charge is 2.05. The van der Waals surface area contributed by atoms with Gasteiger partial charge < -0.3 is 5.73 Å². The number of rotatable bonds is 1. The predicted octanol–water partition coefficient (Wildman–Crippen LogP) is 3.20. The van der Waals surface area contributed by atoms with Gasteiger partial charge in [-0.15, -0.1) is 0 Å². The fourth-order valence-electron chi connectivity index (χ4n) is 0.932. The van der Waals surface area contributed by atoms with Crippen LogP contribution in [-0.2, 0) is 0 Å². The largest absolute Gasteiger partial charge is 0.398 e. The molecule has 1 rings (SSSR count). The molecule has 64 valence electrons. The Bertz CT molecular complexity index is 334. The standard InChI is InChI=1S/C9H9BrFN/c1-5(2)6-3-8(11)7(10)4-9(6)12/h3-4H,1,12H2,2H3. The van der Waals surface area contributed by atoms with Crippen LogP contribution in [0.5, 0.6) is 0 Å². The Morgan fingerprint density at radius 1 is 1.58 bits per heavy atom. The van der Waals surface area contributed by atoms with Gasteiger partial charge in [0.2, 0.25) is 0 Å². The molecule has 0 heterocycles. The molecule has 0 aromatic heterocycles. The maximum atomic E-state index is 13.0. The number of benzene rings is 1. The molecule has 0 amide bonds. The predicted molar refractivity (Wildman–Crippen MR) is 53.2 cm³/mol. The number of hydrogen-bond donors (Lipinski definition) is 1. The molecule has 0 aliphatic heterocycles. The first kappa shape index (κ1) is 9.26. The Hall–Kier alpha value is -0.830. The quantitative estimate of drug-likeness (QED) is 0.736. The zero-order chi connectivity index (χ0) is 9.30. The Balaban J connectivity index is 3.33. The Morgan fingerprint density at radius 2 is 2.17 bits per heavy atom. The van der Waals surface area contributed by atoms with E-state index in [9.17, 15) is 4.39 Å². The van der Waals surface area contributed by atoms with Crippen LogP contribution in [0.2, 0.25) is 0 Å². The number of nitrogen functional groups attached to an aromatic ring is 1. The molecule has 0 atom stereocenters. The third-order valence-corrected chi connectivity index (χ3v) is 2.16. The number of halogens is 2. The summed E-state index contributed by atoms with van der Waals surface area (Å²) in [5, 5.41) is 0. The molecule has 1 aromatic carbocycles. The first-order chi connectivity index (χ1) is 5.52. The van der Waals surface area contributed by atoms with Gasteiger partial charge in [0.25, 0.3) is 0 Å². The van der Waals surface area contributed by atoms with Gasteiger partial charge in [0.1, 0.15) is 5.82 Å². The van der Waals surface area contributed by atoms with Gasteiger partial charge in [0.05, 0.1) is 4.47 Å². The Kier molecular flexibility index (Phi) is 2.52. The maximum Gasteiger partial charge on any atom is 0.138 e. The van der Waals surface area contributed by atoms with Crippen molar-refractivity contribution in [3.8, 4) is 0 Å². The molecule has 0 fully saturated rings. The van der Waals surface area contributed by atoms with Crippen molar-refractivity contribution in [2.45, 2.75) is 6.92 Å². The van der Waals surface area contributed by atoms with Crippen LogP contribution in [0.4, 0.5) is 10.1 Å². The van der Waals surface area contributed by atoms with Crippen LogP contribution in [0.15, 0.2) is 23.2 Å². The van der Waals surface area contributed by atoms with Crippen LogP contribution >= 0.6 is 15.9 Å². The van der Waals surface area contributed by atoms with Crippen LogP contribution in [0, 0.1) is 5.82 Å². The highest BCUT2D eigenvalue weighted by atomic mass is 79.9. The summed E-state index contributed by atoms with van der Waals surface area (Å²) in [6.45, 7) is 5.49. The van der Waals surface area contributed by atoms with Gasteiger partial charge >= 0.3 is 0 Å². The van der Waals surface area contributed by atoms with Gasteiger partial charge in [0.15, 0.2) is 0 Å². The van der Waals surface area contributed by atoms with Gasteiger partial charge in [-0.05, 0) is 40.6 Å². The molecule has 12 heavy (non-hydrogen) atoms. The fourth-order valence-corrected chi connectivity index (χ4v) is 1.29. The van der Waals surface area contributed by atoms with Crippen LogP contribution < -0.4 is 5.73 Å². The molecule has 0 bridgehead atoms. The topological polar surface area (TPSA) is 26.0 Å². The van der Waals surface area contributed by atoms with Crippen molar-refractivity contribution in [1.29, 1.82) is 0 Å². The molecule has 0 saturated heterocycles. The molecule has 0 saturated carbocycles. The lowest BCUT2D eigenvalue weighted by atomic mass is 10.1. The van der Waals surface area contributed by atoms with E-state index in [4.69, 9.17) is 5.73 Å². The van der Waals surface area contributed by atoms with E-state index in [2.05, 4.69) is 22.5 Å². The van der Waals surface area contributed by atoms with Crippen molar-refractivity contribution >= 4 is 27.2 Å². The van der Waals surface area contributed by atoms with E-state index in [0.717, 1.165) is 5.57 Å². The first-order valence-corrected chi connectivity index (χ1v) is 4.22. The maximum absolute atomic E-state index is 13.0. The number of anilines is 1. The van der Waals surface area contributed by atoms with E-state index in [1.54, 1.807) is 13.0 Å². The third-order valence-electron chi connectivity index (χ3n) is 1.55. The summed E-state index contributed by atoms with van der Waals surface area (Å²) in [4.78, 5) is 0. The van der Waals surface area contributed by atoms with Crippen molar-refractivity contribution in [1.82, 2.24) is 0 Å². The lowest BCUT2D eigenvalue weighted by Gasteiger charge is -2.05. The minimum absolute atomic E-state index is 0.317. The molecule has 0 aliphatic rings. The normalized spacial score (nSPS) is 9.92. The molecular weight excluding hydrogens is 221 g/mol.